The summed E-state index contributed by atoms with van der Waals surface area (Å²) in [5.74, 6) is -2.67. The number of aliphatic carboxylic acids is 1. The van der Waals surface area contributed by atoms with Crippen molar-refractivity contribution in [1.29, 1.82) is 0 Å². The second-order valence-corrected chi connectivity index (χ2v) is 3.18. The molecule has 0 spiro atoms. The molecule has 4 N–H and O–H groups in total. The predicted octanol–water partition coefficient (Wildman–Crippen LogP) is -1.14. The van der Waals surface area contributed by atoms with Crippen LogP contribution < -0.4 is 11.1 Å². The average Bonchev–Trinajstić information content (AvgIpc) is 2.16. The first kappa shape index (κ1) is 14.4. The number of carboxylic acids is 1. The van der Waals surface area contributed by atoms with Crippen LogP contribution in [0.4, 0.5) is 0 Å². The molecule has 0 aromatic carbocycles. The number of carbonyl (C=O) groups is 3. The molecule has 0 heterocycles. The third kappa shape index (κ3) is 6.77. The highest BCUT2D eigenvalue weighted by molar-refractivity contribution is 5.88. The van der Waals surface area contributed by atoms with Crippen LogP contribution in [0.5, 0.6) is 0 Å². The molecule has 7 heteroatoms. The summed E-state index contributed by atoms with van der Waals surface area (Å²) in [4.78, 5) is 32.3. The van der Waals surface area contributed by atoms with Crippen LogP contribution in [0.25, 0.3) is 0 Å². The van der Waals surface area contributed by atoms with Gasteiger partial charge in [0.2, 0.25) is 11.8 Å². The zero-order valence-corrected chi connectivity index (χ0v) is 9.06. The molecule has 1 atom stereocenters. The van der Waals surface area contributed by atoms with E-state index in [0.29, 0.717) is 6.61 Å². The fourth-order valence-corrected chi connectivity index (χ4v) is 0.946. The van der Waals surface area contributed by atoms with Crippen LogP contribution in [0.2, 0.25) is 0 Å². The second-order valence-electron chi connectivity index (χ2n) is 3.18. The van der Waals surface area contributed by atoms with E-state index < -0.39 is 30.2 Å². The molecule has 2 amide bonds. The monoisotopic (exact) mass is 232 g/mol. The molecule has 0 aliphatic heterocycles. The smallest absolute Gasteiger partial charge is 0.326 e. The number of hydrogen-bond donors (Lipinski definition) is 3. The summed E-state index contributed by atoms with van der Waals surface area (Å²) in [7, 11) is 0. The molecule has 0 radical (unpaired) electrons. The summed E-state index contributed by atoms with van der Waals surface area (Å²) in [6.45, 7) is 2.07. The van der Waals surface area contributed by atoms with Crippen LogP contribution in [0.3, 0.4) is 0 Å². The highest BCUT2D eigenvalue weighted by atomic mass is 16.5. The first-order valence-corrected chi connectivity index (χ1v) is 4.85. The first-order valence-electron chi connectivity index (χ1n) is 4.85. The highest BCUT2D eigenvalue weighted by Crippen LogP contribution is 1.92. The van der Waals surface area contributed by atoms with E-state index in [1.165, 1.54) is 0 Å². The number of carboxylic acid groups (broad SMARTS) is 1. The van der Waals surface area contributed by atoms with E-state index in [2.05, 4.69) is 5.32 Å². The predicted molar refractivity (Wildman–Crippen MR) is 54.5 cm³/mol. The second kappa shape index (κ2) is 7.63. The van der Waals surface area contributed by atoms with E-state index >= 15 is 0 Å². The van der Waals surface area contributed by atoms with Gasteiger partial charge in [0.05, 0.1) is 6.42 Å². The molecule has 7 nitrogen and oxygen atoms in total. The van der Waals surface area contributed by atoms with Gasteiger partial charge in [0.1, 0.15) is 12.6 Å². The highest BCUT2D eigenvalue weighted by Gasteiger charge is 2.21. The Morgan fingerprint density at radius 1 is 1.44 bits per heavy atom. The van der Waals surface area contributed by atoms with Crippen molar-refractivity contribution in [3.8, 4) is 0 Å². The maximum absolute atomic E-state index is 11.2. The molecule has 0 aromatic rings. The largest absolute Gasteiger partial charge is 0.480 e. The third-order valence-corrected chi connectivity index (χ3v) is 1.62. The lowest BCUT2D eigenvalue weighted by Gasteiger charge is -2.12. The van der Waals surface area contributed by atoms with Crippen LogP contribution in [0.15, 0.2) is 0 Å². The topological polar surface area (TPSA) is 119 Å². The maximum atomic E-state index is 11.2. The number of primary amides is 1. The zero-order chi connectivity index (χ0) is 12.6. The average molecular weight is 232 g/mol. The number of carbonyl (C=O) groups excluding carboxylic acids is 2. The van der Waals surface area contributed by atoms with Gasteiger partial charge in [0, 0.05) is 6.61 Å². The zero-order valence-electron chi connectivity index (χ0n) is 9.06. The van der Waals surface area contributed by atoms with Crippen molar-refractivity contribution < 1.29 is 24.2 Å². The minimum atomic E-state index is -1.30. The molecule has 0 aliphatic carbocycles. The number of nitrogens with one attached hydrogen (secondary N) is 1. The number of rotatable bonds is 8. The Balaban J connectivity index is 4.03. The summed E-state index contributed by atoms with van der Waals surface area (Å²) in [5, 5.41) is 10.8. The van der Waals surface area contributed by atoms with E-state index in [0.717, 1.165) is 6.42 Å². The van der Waals surface area contributed by atoms with Crippen molar-refractivity contribution in [1.82, 2.24) is 5.32 Å². The lowest BCUT2D eigenvalue weighted by molar-refractivity contribution is -0.144. The summed E-state index contributed by atoms with van der Waals surface area (Å²) in [5.41, 5.74) is 4.84. The number of ether oxygens (including phenoxy) is 1. The molecule has 92 valence electrons. The summed E-state index contributed by atoms with van der Waals surface area (Å²) >= 11 is 0. The molecule has 0 rings (SSSR count). The molecule has 0 aromatic heterocycles. The molecule has 0 fully saturated rings. The van der Waals surface area contributed by atoms with Crippen molar-refractivity contribution >= 4 is 17.8 Å². The van der Waals surface area contributed by atoms with Gasteiger partial charge in [-0.1, -0.05) is 6.92 Å². The number of amides is 2. The Kier molecular flexibility index (Phi) is 6.86. The molecular formula is C9H16N2O5. The SMILES string of the molecule is CCCOCC(=O)N[C@H](CC(N)=O)C(=O)O. The van der Waals surface area contributed by atoms with Crippen LogP contribution >= 0.6 is 0 Å². The Morgan fingerprint density at radius 2 is 2.06 bits per heavy atom. The fraction of sp³-hybridized carbons (Fsp3) is 0.667. The summed E-state index contributed by atoms with van der Waals surface area (Å²) in [6.07, 6.45) is 0.325. The number of hydrogen-bond acceptors (Lipinski definition) is 4. The lowest BCUT2D eigenvalue weighted by Crippen LogP contribution is -2.44. The van der Waals surface area contributed by atoms with Gasteiger partial charge in [-0.05, 0) is 6.42 Å². The van der Waals surface area contributed by atoms with Crippen LogP contribution in [0, 0.1) is 0 Å². The Morgan fingerprint density at radius 3 is 2.50 bits per heavy atom. The van der Waals surface area contributed by atoms with Gasteiger partial charge in [0.15, 0.2) is 0 Å². The Labute approximate surface area is 92.9 Å². The molecule has 0 saturated carbocycles. The summed E-state index contributed by atoms with van der Waals surface area (Å²) in [6, 6.07) is -1.30. The van der Waals surface area contributed by atoms with Crippen molar-refractivity contribution in [2.24, 2.45) is 5.73 Å². The van der Waals surface area contributed by atoms with Gasteiger partial charge >= 0.3 is 5.97 Å². The Bertz CT molecular complexity index is 267. The maximum Gasteiger partial charge on any atom is 0.326 e. The van der Waals surface area contributed by atoms with E-state index in [9.17, 15) is 14.4 Å². The van der Waals surface area contributed by atoms with Crippen molar-refractivity contribution in [2.45, 2.75) is 25.8 Å². The van der Waals surface area contributed by atoms with Crippen LogP contribution in [-0.4, -0.2) is 42.1 Å². The minimum absolute atomic E-state index is 0.226. The van der Waals surface area contributed by atoms with Gasteiger partial charge in [0.25, 0.3) is 0 Å². The standard InChI is InChI=1S/C9H16N2O5/c1-2-3-16-5-8(13)11-6(9(14)15)4-7(10)12/h6H,2-5H2,1H3,(H2,10,12)(H,11,13)(H,14,15)/t6-/m1/s1. The molecule has 16 heavy (non-hydrogen) atoms. The number of nitrogens with two attached hydrogens (primary N) is 1. The quantitative estimate of drug-likeness (QED) is 0.457. The van der Waals surface area contributed by atoms with Gasteiger partial charge < -0.3 is 20.9 Å². The summed E-state index contributed by atoms with van der Waals surface area (Å²) < 4.78 is 4.91. The minimum Gasteiger partial charge on any atom is -0.480 e. The van der Waals surface area contributed by atoms with Gasteiger partial charge in [-0.25, -0.2) is 4.79 Å². The first-order chi connectivity index (χ1) is 7.47. The van der Waals surface area contributed by atoms with E-state index in [1.807, 2.05) is 6.92 Å². The Hall–Kier alpha value is -1.63. The molecular weight excluding hydrogens is 216 g/mol. The fourth-order valence-electron chi connectivity index (χ4n) is 0.946. The van der Waals surface area contributed by atoms with Gasteiger partial charge in [-0.2, -0.15) is 0 Å². The molecule has 0 bridgehead atoms. The van der Waals surface area contributed by atoms with Gasteiger partial charge in [-0.15, -0.1) is 0 Å². The van der Waals surface area contributed by atoms with E-state index in [1.54, 1.807) is 0 Å². The van der Waals surface area contributed by atoms with Crippen molar-refractivity contribution in [3.63, 3.8) is 0 Å². The van der Waals surface area contributed by atoms with Gasteiger partial charge in [-0.3, -0.25) is 9.59 Å². The van der Waals surface area contributed by atoms with E-state index in [-0.39, 0.29) is 6.61 Å². The van der Waals surface area contributed by atoms with E-state index in [4.69, 9.17) is 15.6 Å². The van der Waals surface area contributed by atoms with Crippen molar-refractivity contribution in [3.05, 3.63) is 0 Å². The normalized spacial score (nSPS) is 11.8. The molecule has 0 aliphatic rings. The lowest BCUT2D eigenvalue weighted by atomic mass is 10.2. The molecule has 0 saturated heterocycles. The van der Waals surface area contributed by atoms with Crippen LogP contribution in [-0.2, 0) is 19.1 Å². The van der Waals surface area contributed by atoms with Crippen LogP contribution in [0.1, 0.15) is 19.8 Å². The molecule has 0 unspecified atom stereocenters. The third-order valence-electron chi connectivity index (χ3n) is 1.62. The van der Waals surface area contributed by atoms with Crippen molar-refractivity contribution in [2.75, 3.05) is 13.2 Å².